The number of nitro groups is 1. The Morgan fingerprint density at radius 2 is 1.85 bits per heavy atom. The number of para-hydroxylation sites is 1. The van der Waals surface area contributed by atoms with Gasteiger partial charge in [-0.05, 0) is 66.2 Å². The second kappa shape index (κ2) is 12.0. The third-order valence-electron chi connectivity index (χ3n) is 5.65. The number of halogens is 1. The number of benzene rings is 3. The molecule has 0 spiro atoms. The molecule has 0 radical (unpaired) electrons. The van der Waals surface area contributed by atoms with E-state index >= 15 is 0 Å². The maximum absolute atomic E-state index is 12.9. The fraction of sp³-hybridized carbons (Fsp3) is 0.115. The monoisotopic (exact) mass is 617 g/mol. The van der Waals surface area contributed by atoms with Crippen molar-refractivity contribution in [2.45, 2.75) is 11.8 Å². The molecule has 212 valence electrons. The van der Waals surface area contributed by atoms with Crippen molar-refractivity contribution in [3.8, 4) is 11.5 Å². The predicted molar refractivity (Wildman–Crippen MR) is 151 cm³/mol. The van der Waals surface area contributed by atoms with E-state index in [2.05, 4.69) is 5.32 Å². The topological polar surface area (TPSA) is 162 Å². The number of ether oxygens (including phenoxy) is 1. The molecule has 3 amide bonds. The molecule has 0 atom stereocenters. The molecule has 1 aliphatic rings. The summed E-state index contributed by atoms with van der Waals surface area (Å²) in [5.74, 6) is -1.62. The Morgan fingerprint density at radius 1 is 1.12 bits per heavy atom. The number of hydrogen-bond acceptors (Lipinski definition) is 10. The van der Waals surface area contributed by atoms with E-state index in [1.165, 1.54) is 43.5 Å². The number of thioether (sulfide) groups is 1. The Labute approximate surface area is 243 Å². The number of aryl methyl sites for hydroxylation is 1. The third-order valence-corrected chi connectivity index (χ3v) is 8.24. The number of imide groups is 1. The standard InChI is InChI=1S/C26H20ClN3O9S2/c1-15-7-9-17(13-18(15)27)28-24(31)14-29-25(32)22(40-26(29)33)12-16-8-10-20(21(11-16)38-2)39-41(36,37)23-6-4-3-5-19(23)30(34)35/h3-13H,14H2,1-2H3,(H,28,31)/b22-12-. The molecule has 1 saturated heterocycles. The van der Waals surface area contributed by atoms with Crippen molar-refractivity contribution in [2.75, 3.05) is 19.0 Å². The van der Waals surface area contributed by atoms with E-state index in [0.29, 0.717) is 28.0 Å². The Kier molecular flexibility index (Phi) is 8.66. The molecule has 1 N–H and O–H groups in total. The van der Waals surface area contributed by atoms with Crippen LogP contribution in [0.2, 0.25) is 5.02 Å². The van der Waals surface area contributed by atoms with Gasteiger partial charge in [-0.15, -0.1) is 0 Å². The number of methoxy groups -OCH3 is 1. The van der Waals surface area contributed by atoms with Gasteiger partial charge in [-0.1, -0.05) is 35.9 Å². The molecular weight excluding hydrogens is 598 g/mol. The van der Waals surface area contributed by atoms with E-state index in [1.807, 2.05) is 0 Å². The zero-order valence-corrected chi connectivity index (χ0v) is 23.7. The Bertz CT molecular complexity index is 1720. The Balaban J connectivity index is 1.50. The summed E-state index contributed by atoms with van der Waals surface area (Å²) in [5.41, 5.74) is 0.918. The van der Waals surface area contributed by atoms with Gasteiger partial charge in [-0.25, -0.2) is 0 Å². The maximum atomic E-state index is 12.9. The van der Waals surface area contributed by atoms with Crippen LogP contribution in [0.4, 0.5) is 16.2 Å². The summed E-state index contributed by atoms with van der Waals surface area (Å²) >= 11 is 6.69. The van der Waals surface area contributed by atoms with Gasteiger partial charge in [0.2, 0.25) is 5.91 Å². The molecule has 1 aliphatic heterocycles. The average Bonchev–Trinajstić information content (AvgIpc) is 3.18. The van der Waals surface area contributed by atoms with Crippen LogP contribution in [0.3, 0.4) is 0 Å². The van der Waals surface area contributed by atoms with Crippen LogP contribution in [0.25, 0.3) is 6.08 Å². The van der Waals surface area contributed by atoms with E-state index < -0.39 is 49.2 Å². The lowest BCUT2D eigenvalue weighted by atomic mass is 10.2. The minimum absolute atomic E-state index is 0.0180. The highest BCUT2D eigenvalue weighted by Crippen LogP contribution is 2.36. The minimum atomic E-state index is -4.61. The summed E-state index contributed by atoms with van der Waals surface area (Å²) in [5, 5.41) is 13.6. The molecule has 15 heteroatoms. The number of amides is 3. The van der Waals surface area contributed by atoms with Crippen LogP contribution in [-0.4, -0.2) is 48.9 Å². The normalized spacial score (nSPS) is 14.3. The minimum Gasteiger partial charge on any atom is -0.493 e. The molecule has 0 saturated carbocycles. The van der Waals surface area contributed by atoms with Crippen molar-refractivity contribution in [1.29, 1.82) is 0 Å². The maximum Gasteiger partial charge on any atom is 0.346 e. The van der Waals surface area contributed by atoms with Gasteiger partial charge < -0.3 is 14.2 Å². The van der Waals surface area contributed by atoms with Crippen LogP contribution >= 0.6 is 23.4 Å². The molecule has 0 bridgehead atoms. The highest BCUT2D eigenvalue weighted by molar-refractivity contribution is 8.18. The molecule has 41 heavy (non-hydrogen) atoms. The lowest BCUT2D eigenvalue weighted by Crippen LogP contribution is -2.36. The lowest BCUT2D eigenvalue weighted by molar-refractivity contribution is -0.387. The van der Waals surface area contributed by atoms with E-state index in [4.69, 9.17) is 20.5 Å². The second-order valence-electron chi connectivity index (χ2n) is 8.45. The SMILES string of the molecule is COc1cc(/C=C2\SC(=O)N(CC(=O)Nc3ccc(C)c(Cl)c3)C2=O)ccc1OS(=O)(=O)c1ccccc1[N+](=O)[O-]. The molecule has 4 rings (SSSR count). The summed E-state index contributed by atoms with van der Waals surface area (Å²) in [6, 6.07) is 13.6. The number of carbonyl (C=O) groups excluding carboxylic acids is 3. The van der Waals surface area contributed by atoms with Crippen LogP contribution < -0.4 is 14.2 Å². The second-order valence-corrected chi connectivity index (χ2v) is 11.4. The quantitative estimate of drug-likeness (QED) is 0.149. The van der Waals surface area contributed by atoms with Crippen molar-refractivity contribution in [3.63, 3.8) is 0 Å². The molecule has 3 aromatic carbocycles. The first kappa shape index (κ1) is 29.6. The number of nitrogens with zero attached hydrogens (tertiary/aromatic N) is 2. The zero-order valence-electron chi connectivity index (χ0n) is 21.3. The highest BCUT2D eigenvalue weighted by atomic mass is 35.5. The fourth-order valence-electron chi connectivity index (χ4n) is 3.63. The van der Waals surface area contributed by atoms with Crippen LogP contribution in [0, 0.1) is 17.0 Å². The highest BCUT2D eigenvalue weighted by Gasteiger charge is 2.36. The van der Waals surface area contributed by atoms with Crippen LogP contribution in [-0.2, 0) is 19.7 Å². The summed E-state index contributed by atoms with van der Waals surface area (Å²) < 4.78 is 35.9. The molecule has 1 fully saturated rings. The van der Waals surface area contributed by atoms with Gasteiger partial charge in [0.25, 0.3) is 16.8 Å². The summed E-state index contributed by atoms with van der Waals surface area (Å²) in [4.78, 5) is 48.4. The van der Waals surface area contributed by atoms with Crippen molar-refractivity contribution in [2.24, 2.45) is 0 Å². The van der Waals surface area contributed by atoms with Crippen LogP contribution in [0.15, 0.2) is 70.5 Å². The lowest BCUT2D eigenvalue weighted by Gasteiger charge is -2.13. The first-order valence-electron chi connectivity index (χ1n) is 11.6. The number of carbonyl (C=O) groups is 3. The number of nitrogens with one attached hydrogen (secondary N) is 1. The number of rotatable bonds is 9. The van der Waals surface area contributed by atoms with Gasteiger partial charge >= 0.3 is 10.1 Å². The third kappa shape index (κ3) is 6.67. The summed E-state index contributed by atoms with van der Waals surface area (Å²) in [6.45, 7) is 1.28. The molecular formula is C26H20ClN3O9S2. The van der Waals surface area contributed by atoms with E-state index in [1.54, 1.807) is 25.1 Å². The molecule has 0 aliphatic carbocycles. The Morgan fingerprint density at radius 3 is 2.54 bits per heavy atom. The molecule has 0 unspecified atom stereocenters. The zero-order chi connectivity index (χ0) is 29.9. The number of anilines is 1. The van der Waals surface area contributed by atoms with E-state index in [0.717, 1.165) is 22.6 Å². The molecule has 3 aromatic rings. The first-order chi connectivity index (χ1) is 19.4. The van der Waals surface area contributed by atoms with Crippen molar-refractivity contribution in [3.05, 3.63) is 91.8 Å². The van der Waals surface area contributed by atoms with Gasteiger partial charge in [-0.3, -0.25) is 29.4 Å². The molecule has 0 aromatic heterocycles. The fourth-order valence-corrected chi connectivity index (χ4v) is 5.75. The Hall–Kier alpha value is -4.40. The van der Waals surface area contributed by atoms with Crippen molar-refractivity contribution < 1.29 is 36.6 Å². The first-order valence-corrected chi connectivity index (χ1v) is 14.2. The van der Waals surface area contributed by atoms with Crippen LogP contribution in [0.1, 0.15) is 11.1 Å². The van der Waals surface area contributed by atoms with Gasteiger partial charge in [-0.2, -0.15) is 8.42 Å². The average molecular weight is 618 g/mol. The summed E-state index contributed by atoms with van der Waals surface area (Å²) in [7, 11) is -3.36. The van der Waals surface area contributed by atoms with Crippen molar-refractivity contribution in [1.82, 2.24) is 4.90 Å². The van der Waals surface area contributed by atoms with E-state index in [9.17, 15) is 32.9 Å². The van der Waals surface area contributed by atoms with Gasteiger partial charge in [0.05, 0.1) is 16.9 Å². The van der Waals surface area contributed by atoms with Gasteiger partial charge in [0.1, 0.15) is 6.54 Å². The van der Waals surface area contributed by atoms with Gasteiger partial charge in [0, 0.05) is 16.8 Å². The largest absolute Gasteiger partial charge is 0.493 e. The van der Waals surface area contributed by atoms with Crippen molar-refractivity contribution >= 4 is 68.0 Å². The van der Waals surface area contributed by atoms with Crippen LogP contribution in [0.5, 0.6) is 11.5 Å². The molecule has 12 nitrogen and oxygen atoms in total. The van der Waals surface area contributed by atoms with E-state index in [-0.39, 0.29) is 16.4 Å². The molecule has 1 heterocycles. The van der Waals surface area contributed by atoms with Gasteiger partial charge in [0.15, 0.2) is 16.4 Å². The predicted octanol–water partition coefficient (Wildman–Crippen LogP) is 5.01. The smallest absolute Gasteiger partial charge is 0.346 e. The number of nitro benzene ring substituents is 1. The summed E-state index contributed by atoms with van der Waals surface area (Å²) in [6.07, 6.45) is 1.37. The number of hydrogen-bond donors (Lipinski definition) is 1.